The van der Waals surface area contributed by atoms with Crippen LogP contribution >= 0.6 is 39.1 Å². The highest BCUT2D eigenvalue weighted by Crippen LogP contribution is 2.38. The third-order valence-corrected chi connectivity index (χ3v) is 5.56. The Balaban J connectivity index is 1.86. The number of amides is 1. The van der Waals surface area contributed by atoms with Gasteiger partial charge in [0, 0.05) is 5.02 Å². The summed E-state index contributed by atoms with van der Waals surface area (Å²) in [5.74, 6) is 0.415. The van der Waals surface area contributed by atoms with Crippen molar-refractivity contribution in [1.82, 2.24) is 0 Å². The molecule has 1 amide bonds. The van der Waals surface area contributed by atoms with E-state index in [1.165, 1.54) is 6.08 Å². The number of halogens is 3. The fourth-order valence-electron chi connectivity index (χ4n) is 2.92. The molecule has 0 aliphatic carbocycles. The van der Waals surface area contributed by atoms with Crippen LogP contribution in [0.25, 0.3) is 6.08 Å². The van der Waals surface area contributed by atoms with E-state index in [1.54, 1.807) is 42.5 Å². The molecule has 1 N–H and O–H groups in total. The lowest BCUT2D eigenvalue weighted by atomic mass is 10.1. The van der Waals surface area contributed by atoms with Gasteiger partial charge in [-0.25, -0.2) is 0 Å². The standard InChI is InChI=1S/C25H19BrCl2N2O3/c1-2-32-23-13-17(10-18(14-29)25(31)30-22-9-4-3-8-21(22)28)12-20(26)24(23)33-15-16-6-5-7-19(27)11-16/h3-13H,2,15H2,1H3,(H,30,31)/b18-10+. The quantitative estimate of drug-likeness (QED) is 0.238. The summed E-state index contributed by atoms with van der Waals surface area (Å²) >= 11 is 15.6. The first-order valence-corrected chi connectivity index (χ1v) is 11.5. The summed E-state index contributed by atoms with van der Waals surface area (Å²) in [5.41, 5.74) is 1.83. The Hall–Kier alpha value is -2.98. The van der Waals surface area contributed by atoms with Crippen LogP contribution in [0.1, 0.15) is 18.1 Å². The molecule has 8 heteroatoms. The molecule has 0 saturated heterocycles. The fourth-order valence-corrected chi connectivity index (χ4v) is 3.89. The maximum absolute atomic E-state index is 12.6. The third kappa shape index (κ3) is 6.75. The molecule has 0 aliphatic rings. The molecule has 0 aromatic heterocycles. The first-order valence-electron chi connectivity index (χ1n) is 9.92. The largest absolute Gasteiger partial charge is 0.490 e. The Bertz CT molecular complexity index is 1240. The number of benzene rings is 3. The molecule has 0 heterocycles. The lowest BCUT2D eigenvalue weighted by Crippen LogP contribution is -2.13. The molecule has 0 radical (unpaired) electrons. The second kappa shape index (κ2) is 11.8. The Morgan fingerprint density at radius 1 is 1.12 bits per heavy atom. The van der Waals surface area contributed by atoms with Crippen molar-refractivity contribution >= 4 is 56.8 Å². The molecule has 0 spiro atoms. The van der Waals surface area contributed by atoms with Crippen molar-refractivity contribution in [1.29, 1.82) is 5.26 Å². The van der Waals surface area contributed by atoms with Crippen molar-refractivity contribution in [2.75, 3.05) is 11.9 Å². The molecule has 168 valence electrons. The van der Waals surface area contributed by atoms with E-state index in [-0.39, 0.29) is 12.2 Å². The first kappa shape index (κ1) is 24.7. The first-order chi connectivity index (χ1) is 15.9. The van der Waals surface area contributed by atoms with Gasteiger partial charge >= 0.3 is 0 Å². The van der Waals surface area contributed by atoms with Crippen molar-refractivity contribution in [3.05, 3.63) is 91.9 Å². The van der Waals surface area contributed by atoms with Gasteiger partial charge in [0.2, 0.25) is 0 Å². The van der Waals surface area contributed by atoms with Gasteiger partial charge in [0.05, 0.1) is 21.8 Å². The zero-order chi connectivity index (χ0) is 23.8. The fraction of sp³-hybridized carbons (Fsp3) is 0.120. The molecule has 0 saturated carbocycles. The van der Waals surface area contributed by atoms with E-state index in [2.05, 4.69) is 21.2 Å². The van der Waals surface area contributed by atoms with Crippen LogP contribution in [0.3, 0.4) is 0 Å². The van der Waals surface area contributed by atoms with Crippen molar-refractivity contribution in [3.8, 4) is 17.6 Å². The second-order valence-corrected chi connectivity index (χ2v) is 8.48. The zero-order valence-electron chi connectivity index (χ0n) is 17.6. The Morgan fingerprint density at radius 3 is 2.61 bits per heavy atom. The summed E-state index contributed by atoms with van der Waals surface area (Å²) in [6.07, 6.45) is 1.47. The number of carbonyl (C=O) groups excluding carboxylic acids is 1. The van der Waals surface area contributed by atoms with Crippen molar-refractivity contribution < 1.29 is 14.3 Å². The summed E-state index contributed by atoms with van der Waals surface area (Å²) in [5, 5.41) is 13.2. The van der Waals surface area contributed by atoms with Crippen LogP contribution in [-0.4, -0.2) is 12.5 Å². The normalized spacial score (nSPS) is 10.9. The van der Waals surface area contributed by atoms with Gasteiger partial charge in [-0.15, -0.1) is 0 Å². The van der Waals surface area contributed by atoms with Gasteiger partial charge in [-0.1, -0.05) is 47.5 Å². The van der Waals surface area contributed by atoms with E-state index in [0.717, 1.165) is 5.56 Å². The van der Waals surface area contributed by atoms with Crippen molar-refractivity contribution in [2.24, 2.45) is 0 Å². The van der Waals surface area contributed by atoms with E-state index in [9.17, 15) is 10.1 Å². The van der Waals surface area contributed by atoms with Gasteiger partial charge in [-0.3, -0.25) is 4.79 Å². The minimum absolute atomic E-state index is 0.0862. The highest BCUT2D eigenvalue weighted by atomic mass is 79.9. The van der Waals surface area contributed by atoms with Gasteiger partial charge in [0.15, 0.2) is 11.5 Å². The van der Waals surface area contributed by atoms with E-state index < -0.39 is 5.91 Å². The highest BCUT2D eigenvalue weighted by Gasteiger charge is 2.15. The Labute approximate surface area is 210 Å². The summed E-state index contributed by atoms with van der Waals surface area (Å²) < 4.78 is 12.3. The maximum Gasteiger partial charge on any atom is 0.266 e. The topological polar surface area (TPSA) is 71.3 Å². The van der Waals surface area contributed by atoms with E-state index in [4.69, 9.17) is 32.7 Å². The average Bonchev–Trinajstić information content (AvgIpc) is 2.78. The number of nitrogens with one attached hydrogen (secondary N) is 1. The monoisotopic (exact) mass is 544 g/mol. The number of hydrogen-bond donors (Lipinski definition) is 1. The Morgan fingerprint density at radius 2 is 1.91 bits per heavy atom. The SMILES string of the molecule is CCOc1cc(/C=C(\C#N)C(=O)Nc2ccccc2Cl)cc(Br)c1OCc1cccc(Cl)c1. The van der Waals surface area contributed by atoms with Gasteiger partial charge in [-0.2, -0.15) is 5.26 Å². The maximum atomic E-state index is 12.6. The molecule has 0 atom stereocenters. The zero-order valence-corrected chi connectivity index (χ0v) is 20.7. The van der Waals surface area contributed by atoms with Crippen LogP contribution in [0.15, 0.2) is 70.7 Å². The predicted molar refractivity (Wildman–Crippen MR) is 135 cm³/mol. The Kier molecular flexibility index (Phi) is 8.79. The molecule has 0 aliphatic heterocycles. The van der Waals surface area contributed by atoms with E-state index in [1.807, 2.05) is 31.2 Å². The van der Waals surface area contributed by atoms with Gasteiger partial charge in [0.25, 0.3) is 5.91 Å². The predicted octanol–water partition coefficient (Wildman–Crippen LogP) is 7.28. The minimum Gasteiger partial charge on any atom is -0.490 e. The molecular formula is C25H19BrCl2N2O3. The van der Waals surface area contributed by atoms with E-state index >= 15 is 0 Å². The number of carbonyl (C=O) groups is 1. The van der Waals surface area contributed by atoms with Crippen LogP contribution in [0.5, 0.6) is 11.5 Å². The second-order valence-electron chi connectivity index (χ2n) is 6.79. The lowest BCUT2D eigenvalue weighted by Gasteiger charge is -2.15. The van der Waals surface area contributed by atoms with Crippen LogP contribution < -0.4 is 14.8 Å². The molecule has 5 nitrogen and oxygen atoms in total. The number of para-hydroxylation sites is 1. The van der Waals surface area contributed by atoms with Gasteiger partial charge in [0.1, 0.15) is 18.2 Å². The minimum atomic E-state index is -0.569. The summed E-state index contributed by atoms with van der Waals surface area (Å²) in [6.45, 7) is 2.55. The third-order valence-electron chi connectivity index (χ3n) is 4.40. The smallest absolute Gasteiger partial charge is 0.266 e. The molecule has 33 heavy (non-hydrogen) atoms. The molecule has 0 bridgehead atoms. The van der Waals surface area contributed by atoms with Crippen LogP contribution in [0, 0.1) is 11.3 Å². The molecular weight excluding hydrogens is 527 g/mol. The average molecular weight is 546 g/mol. The van der Waals surface area contributed by atoms with Crippen molar-refractivity contribution in [3.63, 3.8) is 0 Å². The van der Waals surface area contributed by atoms with Crippen molar-refractivity contribution in [2.45, 2.75) is 13.5 Å². The van der Waals surface area contributed by atoms with Gasteiger partial charge < -0.3 is 14.8 Å². The molecule has 3 aromatic rings. The summed E-state index contributed by atoms with van der Waals surface area (Å²) in [6, 6.07) is 19.6. The number of ether oxygens (including phenoxy) is 2. The van der Waals surface area contributed by atoms with Crippen LogP contribution in [0.4, 0.5) is 5.69 Å². The van der Waals surface area contributed by atoms with Crippen LogP contribution in [0.2, 0.25) is 10.0 Å². The van der Waals surface area contributed by atoms with Crippen LogP contribution in [-0.2, 0) is 11.4 Å². The number of hydrogen-bond acceptors (Lipinski definition) is 4. The number of nitrogens with zero attached hydrogens (tertiary/aromatic N) is 1. The highest BCUT2D eigenvalue weighted by molar-refractivity contribution is 9.10. The molecule has 3 aromatic carbocycles. The lowest BCUT2D eigenvalue weighted by molar-refractivity contribution is -0.112. The summed E-state index contributed by atoms with van der Waals surface area (Å²) in [4.78, 5) is 12.6. The number of rotatable bonds is 8. The summed E-state index contributed by atoms with van der Waals surface area (Å²) in [7, 11) is 0. The molecule has 0 unspecified atom stereocenters. The molecule has 3 rings (SSSR count). The van der Waals surface area contributed by atoms with E-state index in [0.29, 0.717) is 43.9 Å². The number of anilines is 1. The number of nitriles is 1. The molecule has 0 fully saturated rings. The van der Waals surface area contributed by atoms with Gasteiger partial charge in [-0.05, 0) is 76.5 Å².